The number of fused-ring (bicyclic) bond motifs is 1. The van der Waals surface area contributed by atoms with E-state index in [0.717, 1.165) is 29.4 Å². The van der Waals surface area contributed by atoms with Gasteiger partial charge in [0.2, 0.25) is 11.8 Å². The molecule has 1 aliphatic rings. The van der Waals surface area contributed by atoms with Crippen molar-refractivity contribution in [3.8, 4) is 0 Å². The normalized spacial score (nSPS) is 19.3. The van der Waals surface area contributed by atoms with Crippen LogP contribution < -0.4 is 11.1 Å². The molecule has 3 N–H and O–H groups in total. The van der Waals surface area contributed by atoms with Gasteiger partial charge in [0.25, 0.3) is 0 Å². The van der Waals surface area contributed by atoms with Gasteiger partial charge in [-0.3, -0.25) is 9.59 Å². The average molecular weight is 444 g/mol. The number of piperidine rings is 1. The monoisotopic (exact) mass is 443 g/mol. The number of benzene rings is 3. The van der Waals surface area contributed by atoms with Gasteiger partial charge in [-0.2, -0.15) is 0 Å². The van der Waals surface area contributed by atoms with Crippen LogP contribution in [0.15, 0.2) is 72.8 Å². The maximum atomic E-state index is 13.4. The van der Waals surface area contributed by atoms with Crippen molar-refractivity contribution in [3.05, 3.63) is 83.9 Å². The van der Waals surface area contributed by atoms with Gasteiger partial charge in [-0.15, -0.1) is 0 Å². The zero-order valence-corrected chi connectivity index (χ0v) is 19.3. The Labute approximate surface area is 196 Å². The van der Waals surface area contributed by atoms with Crippen molar-refractivity contribution in [1.82, 2.24) is 10.2 Å². The summed E-state index contributed by atoms with van der Waals surface area (Å²) in [6, 6.07) is 23.8. The second-order valence-electron chi connectivity index (χ2n) is 9.16. The minimum Gasteiger partial charge on any atom is -0.356 e. The molecular weight excluding hydrogens is 410 g/mol. The standard InChI is InChI=1S/C28H33N3O2/c1-2-30-27(33)28(19-21-9-4-3-5-10-21)15-8-16-31(20-28)26(32)25(29)18-22-13-14-23-11-6-7-12-24(23)17-22/h3-7,9-14,17,25H,2,8,15-16,18-20,29H2,1H3,(H,30,33)/t25?,28-/m0/s1. The third-order valence-electron chi connectivity index (χ3n) is 6.68. The number of nitrogens with one attached hydrogen (secondary N) is 1. The molecule has 1 aliphatic heterocycles. The number of rotatable bonds is 7. The van der Waals surface area contributed by atoms with E-state index in [0.29, 0.717) is 32.5 Å². The number of hydrogen-bond acceptors (Lipinski definition) is 3. The van der Waals surface area contributed by atoms with E-state index < -0.39 is 11.5 Å². The summed E-state index contributed by atoms with van der Waals surface area (Å²) >= 11 is 0. The molecule has 2 atom stereocenters. The van der Waals surface area contributed by atoms with Crippen molar-refractivity contribution < 1.29 is 9.59 Å². The average Bonchev–Trinajstić information content (AvgIpc) is 2.84. The molecule has 2 amide bonds. The van der Waals surface area contributed by atoms with Crippen LogP contribution in [0.3, 0.4) is 0 Å². The van der Waals surface area contributed by atoms with Crippen molar-refractivity contribution in [2.45, 2.75) is 38.6 Å². The lowest BCUT2D eigenvalue weighted by Gasteiger charge is -2.42. The Balaban J connectivity index is 1.50. The fraction of sp³-hybridized carbons (Fsp3) is 0.357. The highest BCUT2D eigenvalue weighted by atomic mass is 16.2. The molecule has 172 valence electrons. The van der Waals surface area contributed by atoms with Crippen LogP contribution in [0.4, 0.5) is 0 Å². The van der Waals surface area contributed by atoms with Gasteiger partial charge in [-0.1, -0.05) is 72.8 Å². The van der Waals surface area contributed by atoms with Crippen molar-refractivity contribution in [3.63, 3.8) is 0 Å². The molecule has 0 radical (unpaired) electrons. The molecule has 1 heterocycles. The summed E-state index contributed by atoms with van der Waals surface area (Å²) in [7, 11) is 0. The van der Waals surface area contributed by atoms with Crippen molar-refractivity contribution in [2.24, 2.45) is 11.1 Å². The largest absolute Gasteiger partial charge is 0.356 e. The Morgan fingerprint density at radius 3 is 2.48 bits per heavy atom. The van der Waals surface area contributed by atoms with Crippen molar-refractivity contribution in [2.75, 3.05) is 19.6 Å². The number of carbonyl (C=O) groups excluding carboxylic acids is 2. The van der Waals surface area contributed by atoms with Crippen molar-refractivity contribution >= 4 is 22.6 Å². The summed E-state index contributed by atoms with van der Waals surface area (Å²) in [5.41, 5.74) is 7.93. The molecule has 0 aliphatic carbocycles. The molecule has 0 bridgehead atoms. The smallest absolute Gasteiger partial charge is 0.239 e. The van der Waals surface area contributed by atoms with Crippen LogP contribution in [0.5, 0.6) is 0 Å². The van der Waals surface area contributed by atoms with E-state index in [1.807, 2.05) is 60.4 Å². The van der Waals surface area contributed by atoms with E-state index >= 15 is 0 Å². The molecule has 1 unspecified atom stereocenters. The van der Waals surface area contributed by atoms with Crippen LogP contribution in [-0.4, -0.2) is 42.4 Å². The maximum Gasteiger partial charge on any atom is 0.239 e. The van der Waals surface area contributed by atoms with E-state index in [9.17, 15) is 9.59 Å². The predicted octanol–water partition coefficient (Wildman–Crippen LogP) is 3.70. The first-order valence-corrected chi connectivity index (χ1v) is 11.8. The first-order chi connectivity index (χ1) is 16.0. The van der Waals surface area contributed by atoms with Crippen LogP contribution in [-0.2, 0) is 22.4 Å². The van der Waals surface area contributed by atoms with Gasteiger partial charge in [0.1, 0.15) is 0 Å². The third kappa shape index (κ3) is 5.25. The van der Waals surface area contributed by atoms with E-state index in [-0.39, 0.29) is 11.8 Å². The maximum absolute atomic E-state index is 13.4. The molecule has 3 aromatic rings. The predicted molar refractivity (Wildman–Crippen MR) is 133 cm³/mol. The van der Waals surface area contributed by atoms with E-state index in [1.165, 1.54) is 5.39 Å². The van der Waals surface area contributed by atoms with E-state index in [1.54, 1.807) is 0 Å². The first-order valence-electron chi connectivity index (χ1n) is 11.8. The zero-order valence-electron chi connectivity index (χ0n) is 19.3. The molecule has 4 rings (SSSR count). The van der Waals surface area contributed by atoms with Crippen molar-refractivity contribution in [1.29, 1.82) is 0 Å². The quantitative estimate of drug-likeness (QED) is 0.585. The topological polar surface area (TPSA) is 75.4 Å². The van der Waals surface area contributed by atoms with Crippen LogP contribution >= 0.6 is 0 Å². The van der Waals surface area contributed by atoms with Crippen LogP contribution in [0.1, 0.15) is 30.9 Å². The van der Waals surface area contributed by atoms with Crippen LogP contribution in [0.2, 0.25) is 0 Å². The Kier molecular flexibility index (Phi) is 7.09. The van der Waals surface area contributed by atoms with Crippen LogP contribution in [0, 0.1) is 5.41 Å². The fourth-order valence-corrected chi connectivity index (χ4v) is 5.01. The number of nitrogens with two attached hydrogens (primary N) is 1. The summed E-state index contributed by atoms with van der Waals surface area (Å²) < 4.78 is 0. The van der Waals surface area contributed by atoms with Gasteiger partial charge in [0, 0.05) is 19.6 Å². The number of nitrogens with zero attached hydrogens (tertiary/aromatic N) is 1. The van der Waals surface area contributed by atoms with Gasteiger partial charge >= 0.3 is 0 Å². The lowest BCUT2D eigenvalue weighted by molar-refractivity contribution is -0.142. The second kappa shape index (κ2) is 10.2. The SMILES string of the molecule is CCNC(=O)[C@]1(Cc2ccccc2)CCCN(C(=O)C(N)Cc2ccc3ccccc3c2)C1. The second-order valence-corrected chi connectivity index (χ2v) is 9.16. The number of carbonyl (C=O) groups is 2. The molecule has 1 saturated heterocycles. The molecule has 5 heteroatoms. The summed E-state index contributed by atoms with van der Waals surface area (Å²) in [5.74, 6) is -0.0564. The highest BCUT2D eigenvalue weighted by Gasteiger charge is 2.43. The van der Waals surface area contributed by atoms with E-state index in [2.05, 4.69) is 29.6 Å². The molecule has 0 saturated carbocycles. The Hall–Kier alpha value is -3.18. The molecule has 3 aromatic carbocycles. The molecule has 0 spiro atoms. The Morgan fingerprint density at radius 1 is 1.00 bits per heavy atom. The lowest BCUT2D eigenvalue weighted by atomic mass is 9.74. The number of amides is 2. The summed E-state index contributed by atoms with van der Waals surface area (Å²) in [5, 5.41) is 5.33. The lowest BCUT2D eigenvalue weighted by Crippen LogP contribution is -2.57. The van der Waals surface area contributed by atoms with Gasteiger partial charge in [0.15, 0.2) is 0 Å². The highest BCUT2D eigenvalue weighted by molar-refractivity contribution is 5.87. The molecule has 1 fully saturated rings. The third-order valence-corrected chi connectivity index (χ3v) is 6.68. The number of hydrogen-bond donors (Lipinski definition) is 2. The summed E-state index contributed by atoms with van der Waals surface area (Å²) in [4.78, 5) is 28.4. The minimum absolute atomic E-state index is 0.0226. The fourth-order valence-electron chi connectivity index (χ4n) is 5.01. The summed E-state index contributed by atoms with van der Waals surface area (Å²) in [6.07, 6.45) is 2.65. The molecule has 0 aromatic heterocycles. The van der Waals surface area contributed by atoms with Crippen LogP contribution in [0.25, 0.3) is 10.8 Å². The molecular formula is C28H33N3O2. The van der Waals surface area contributed by atoms with E-state index in [4.69, 9.17) is 5.73 Å². The summed E-state index contributed by atoms with van der Waals surface area (Å²) in [6.45, 7) is 3.54. The number of likely N-dealkylation sites (tertiary alicyclic amines) is 1. The van der Waals surface area contributed by atoms with Gasteiger partial charge in [-0.05, 0) is 54.5 Å². The highest BCUT2D eigenvalue weighted by Crippen LogP contribution is 2.34. The Morgan fingerprint density at radius 2 is 1.73 bits per heavy atom. The zero-order chi connectivity index (χ0) is 23.3. The molecule has 5 nitrogen and oxygen atoms in total. The van der Waals surface area contributed by atoms with Gasteiger partial charge in [-0.25, -0.2) is 0 Å². The van der Waals surface area contributed by atoms with Gasteiger partial charge in [0.05, 0.1) is 11.5 Å². The Bertz CT molecular complexity index is 1110. The first kappa shape index (κ1) is 23.0. The van der Waals surface area contributed by atoms with Gasteiger partial charge < -0.3 is 16.0 Å². The minimum atomic E-state index is -0.632. The molecule has 33 heavy (non-hydrogen) atoms.